The van der Waals surface area contributed by atoms with Gasteiger partial charge in [-0.3, -0.25) is 14.7 Å². The highest BCUT2D eigenvalue weighted by molar-refractivity contribution is 5.87. The van der Waals surface area contributed by atoms with E-state index in [0.29, 0.717) is 19.6 Å². The van der Waals surface area contributed by atoms with Crippen LogP contribution in [0.5, 0.6) is 0 Å². The summed E-state index contributed by atoms with van der Waals surface area (Å²) in [4.78, 5) is 21.8. The van der Waals surface area contributed by atoms with Crippen molar-refractivity contribution in [1.29, 1.82) is 0 Å². The number of amides is 1. The molecule has 2 aromatic carbocycles. The number of benzene rings is 2. The van der Waals surface area contributed by atoms with Gasteiger partial charge in [0, 0.05) is 44.3 Å². The molecule has 0 unspecified atom stereocenters. The number of hydrogen-bond donors (Lipinski definition) is 0. The van der Waals surface area contributed by atoms with Crippen molar-refractivity contribution < 1.29 is 9.18 Å². The zero-order valence-corrected chi connectivity index (χ0v) is 16.9. The van der Waals surface area contributed by atoms with Crippen molar-refractivity contribution in [3.8, 4) is 0 Å². The number of hydrogen-bond acceptors (Lipinski definition) is 3. The lowest BCUT2D eigenvalue weighted by Gasteiger charge is -2.39. The van der Waals surface area contributed by atoms with Gasteiger partial charge in [-0.25, -0.2) is 4.39 Å². The van der Waals surface area contributed by atoms with Crippen LogP contribution in [0.1, 0.15) is 25.0 Å². The van der Waals surface area contributed by atoms with E-state index in [-0.39, 0.29) is 11.7 Å². The van der Waals surface area contributed by atoms with Gasteiger partial charge in [0.05, 0.1) is 10.9 Å². The number of fused-ring (bicyclic) bond motifs is 1. The maximum atomic E-state index is 14.0. The number of aromatic nitrogens is 1. The molecule has 1 aliphatic heterocycles. The minimum Gasteiger partial charge on any atom is -0.339 e. The Hall–Kier alpha value is -2.79. The van der Waals surface area contributed by atoms with Gasteiger partial charge in [0.2, 0.25) is 5.91 Å². The third-order valence-electron chi connectivity index (χ3n) is 5.83. The van der Waals surface area contributed by atoms with Crippen LogP contribution < -0.4 is 0 Å². The Labute approximate surface area is 171 Å². The Morgan fingerprint density at radius 1 is 1.03 bits per heavy atom. The quantitative estimate of drug-likeness (QED) is 0.675. The molecule has 29 heavy (non-hydrogen) atoms. The van der Waals surface area contributed by atoms with E-state index in [0.717, 1.165) is 35.1 Å². The first kappa shape index (κ1) is 19.5. The fourth-order valence-corrected chi connectivity index (χ4v) is 4.07. The van der Waals surface area contributed by atoms with Crippen molar-refractivity contribution in [2.24, 2.45) is 0 Å². The first-order chi connectivity index (χ1) is 13.9. The Kier molecular flexibility index (Phi) is 5.33. The maximum Gasteiger partial charge on any atom is 0.232 e. The molecule has 3 aromatic rings. The molecule has 4 nitrogen and oxygen atoms in total. The van der Waals surface area contributed by atoms with Crippen LogP contribution in [-0.4, -0.2) is 46.9 Å². The lowest BCUT2D eigenvalue weighted by atomic mass is 9.83. The summed E-state index contributed by atoms with van der Waals surface area (Å²) in [5, 5.41) is 0.820. The monoisotopic (exact) mass is 391 g/mol. The molecule has 1 saturated heterocycles. The third kappa shape index (κ3) is 4.01. The average molecular weight is 391 g/mol. The standard InChI is InChI=1S/C24H26FN3O/c1-24(2,20-8-4-3-5-9-20)23(29)28-13-11-27(12-14-28)17-19-16-21(25)15-18-7-6-10-26-22(18)19/h3-10,15-16H,11-14,17H2,1-2H3. The van der Waals surface area contributed by atoms with Crippen molar-refractivity contribution in [3.05, 3.63) is 77.7 Å². The van der Waals surface area contributed by atoms with E-state index >= 15 is 0 Å². The predicted molar refractivity (Wildman–Crippen MR) is 113 cm³/mol. The van der Waals surface area contributed by atoms with Gasteiger partial charge in [0.25, 0.3) is 0 Å². The number of pyridine rings is 1. The fourth-order valence-electron chi connectivity index (χ4n) is 4.07. The minimum absolute atomic E-state index is 0.154. The summed E-state index contributed by atoms with van der Waals surface area (Å²) in [6.07, 6.45) is 1.74. The average Bonchev–Trinajstić information content (AvgIpc) is 2.74. The van der Waals surface area contributed by atoms with Crippen LogP contribution in [-0.2, 0) is 16.8 Å². The molecule has 1 fully saturated rings. The van der Waals surface area contributed by atoms with Crippen molar-refractivity contribution in [1.82, 2.24) is 14.8 Å². The van der Waals surface area contributed by atoms with E-state index in [9.17, 15) is 9.18 Å². The van der Waals surface area contributed by atoms with Gasteiger partial charge in [-0.05, 0) is 43.2 Å². The second-order valence-corrected chi connectivity index (χ2v) is 8.20. The molecule has 150 valence electrons. The van der Waals surface area contributed by atoms with Gasteiger partial charge in [0.1, 0.15) is 5.82 Å². The van der Waals surface area contributed by atoms with Gasteiger partial charge in [-0.2, -0.15) is 0 Å². The summed E-state index contributed by atoms with van der Waals surface area (Å²) in [7, 11) is 0. The Morgan fingerprint density at radius 3 is 2.48 bits per heavy atom. The molecule has 1 aliphatic rings. The number of carbonyl (C=O) groups excluding carboxylic acids is 1. The Balaban J connectivity index is 1.43. The summed E-state index contributed by atoms with van der Waals surface area (Å²) in [6.45, 7) is 7.49. The van der Waals surface area contributed by atoms with Crippen molar-refractivity contribution in [3.63, 3.8) is 0 Å². The van der Waals surface area contributed by atoms with Gasteiger partial charge in [-0.1, -0.05) is 36.4 Å². The van der Waals surface area contributed by atoms with Crippen molar-refractivity contribution in [2.75, 3.05) is 26.2 Å². The maximum absolute atomic E-state index is 14.0. The van der Waals surface area contributed by atoms with Crippen LogP contribution >= 0.6 is 0 Å². The zero-order chi connectivity index (χ0) is 20.4. The van der Waals surface area contributed by atoms with Crippen LogP contribution in [0.3, 0.4) is 0 Å². The van der Waals surface area contributed by atoms with Crippen molar-refractivity contribution >= 4 is 16.8 Å². The number of carbonyl (C=O) groups is 1. The normalized spacial score (nSPS) is 15.6. The second-order valence-electron chi connectivity index (χ2n) is 8.20. The predicted octanol–water partition coefficient (Wildman–Crippen LogP) is 4.00. The van der Waals surface area contributed by atoms with Crippen LogP contribution in [0.2, 0.25) is 0 Å². The van der Waals surface area contributed by atoms with E-state index in [1.807, 2.05) is 61.2 Å². The number of halogens is 1. The molecule has 0 N–H and O–H groups in total. The zero-order valence-electron chi connectivity index (χ0n) is 16.9. The molecule has 4 rings (SSSR count). The fraction of sp³-hybridized carbons (Fsp3) is 0.333. The Morgan fingerprint density at radius 2 is 1.76 bits per heavy atom. The highest BCUT2D eigenvalue weighted by Gasteiger charge is 2.35. The van der Waals surface area contributed by atoms with Gasteiger partial charge >= 0.3 is 0 Å². The van der Waals surface area contributed by atoms with Gasteiger partial charge in [-0.15, -0.1) is 0 Å². The summed E-state index contributed by atoms with van der Waals surface area (Å²) >= 11 is 0. The topological polar surface area (TPSA) is 36.4 Å². The minimum atomic E-state index is -0.549. The molecule has 1 aromatic heterocycles. The van der Waals surface area contributed by atoms with E-state index in [1.165, 1.54) is 6.07 Å². The molecule has 0 radical (unpaired) electrons. The van der Waals surface area contributed by atoms with Gasteiger partial charge in [0.15, 0.2) is 0 Å². The van der Waals surface area contributed by atoms with E-state index in [2.05, 4.69) is 9.88 Å². The number of piperazine rings is 1. The molecule has 5 heteroatoms. The molecule has 0 spiro atoms. The smallest absolute Gasteiger partial charge is 0.232 e. The number of nitrogens with zero attached hydrogens (tertiary/aromatic N) is 3. The summed E-state index contributed by atoms with van der Waals surface area (Å²) in [6, 6.07) is 16.7. The van der Waals surface area contributed by atoms with Crippen LogP contribution in [0.15, 0.2) is 60.8 Å². The van der Waals surface area contributed by atoms with Crippen LogP contribution in [0.4, 0.5) is 4.39 Å². The van der Waals surface area contributed by atoms with E-state index < -0.39 is 5.41 Å². The van der Waals surface area contributed by atoms with Crippen LogP contribution in [0.25, 0.3) is 10.9 Å². The third-order valence-corrected chi connectivity index (χ3v) is 5.83. The molecule has 1 amide bonds. The Bertz CT molecular complexity index is 1010. The molecule has 0 bridgehead atoms. The second kappa shape index (κ2) is 7.91. The largest absolute Gasteiger partial charge is 0.339 e. The van der Waals surface area contributed by atoms with E-state index in [4.69, 9.17) is 0 Å². The summed E-state index contributed by atoms with van der Waals surface area (Å²) in [5.74, 6) is -0.0832. The first-order valence-electron chi connectivity index (χ1n) is 10.1. The van der Waals surface area contributed by atoms with E-state index in [1.54, 1.807) is 12.3 Å². The molecular formula is C24H26FN3O. The molecule has 0 aliphatic carbocycles. The first-order valence-corrected chi connectivity index (χ1v) is 10.1. The van der Waals surface area contributed by atoms with Gasteiger partial charge < -0.3 is 4.90 Å². The summed E-state index contributed by atoms with van der Waals surface area (Å²) in [5.41, 5.74) is 2.22. The molecular weight excluding hydrogens is 365 g/mol. The van der Waals surface area contributed by atoms with Crippen molar-refractivity contribution in [2.45, 2.75) is 25.8 Å². The SMILES string of the molecule is CC(C)(C(=O)N1CCN(Cc2cc(F)cc3cccnc23)CC1)c1ccccc1. The lowest BCUT2D eigenvalue weighted by molar-refractivity contribution is -0.138. The van der Waals surface area contributed by atoms with Crippen LogP contribution in [0, 0.1) is 5.82 Å². The molecule has 0 atom stereocenters. The highest BCUT2D eigenvalue weighted by atomic mass is 19.1. The summed E-state index contributed by atoms with van der Waals surface area (Å²) < 4.78 is 14.0. The molecule has 0 saturated carbocycles. The highest BCUT2D eigenvalue weighted by Crippen LogP contribution is 2.27. The molecule has 2 heterocycles. The lowest BCUT2D eigenvalue weighted by Crippen LogP contribution is -2.52. The number of rotatable bonds is 4.